The van der Waals surface area contributed by atoms with E-state index in [-0.39, 0.29) is 5.91 Å². The van der Waals surface area contributed by atoms with Gasteiger partial charge in [-0.1, -0.05) is 42.5 Å². The third-order valence-corrected chi connectivity index (χ3v) is 6.25. The summed E-state index contributed by atoms with van der Waals surface area (Å²) in [7, 11) is 0. The Balaban J connectivity index is 1.39. The molecule has 3 aliphatic rings. The smallest absolute Gasteiger partial charge is 0.254 e. The minimum atomic E-state index is 0.162. The third kappa shape index (κ3) is 3.29. The highest BCUT2D eigenvalue weighted by atomic mass is 16.2. The van der Waals surface area contributed by atoms with Gasteiger partial charge in [0.2, 0.25) is 0 Å². The van der Waals surface area contributed by atoms with Gasteiger partial charge in [0.05, 0.1) is 0 Å². The van der Waals surface area contributed by atoms with E-state index in [1.165, 1.54) is 18.4 Å². The number of piperidine rings is 1. The van der Waals surface area contributed by atoms with E-state index in [9.17, 15) is 4.79 Å². The summed E-state index contributed by atoms with van der Waals surface area (Å²) in [6, 6.07) is 19.0. The van der Waals surface area contributed by atoms with Crippen LogP contribution in [0.5, 0.6) is 0 Å². The number of rotatable bonds is 3. The summed E-state index contributed by atoms with van der Waals surface area (Å²) in [5, 5.41) is 2.03. The van der Waals surface area contributed by atoms with Crippen LogP contribution in [-0.2, 0) is 6.54 Å². The standard InChI is InChI=1S/C24H25N3O/c28-24(23-8-4-7-20-13-25-12-11-22(20)23)27-16-19-9-10-21(17-27)26(15-19)14-18-5-2-1-3-6-18/h1-8,11-13,19,21H,9-10,14-17H2/t19-,21-/m1/s1. The molecule has 142 valence electrons. The van der Waals surface area contributed by atoms with Crippen LogP contribution in [0.1, 0.15) is 28.8 Å². The van der Waals surface area contributed by atoms with Crippen molar-refractivity contribution in [3.8, 4) is 0 Å². The summed E-state index contributed by atoms with van der Waals surface area (Å²) in [6.45, 7) is 3.75. The molecule has 1 aromatic heterocycles. The van der Waals surface area contributed by atoms with Crippen molar-refractivity contribution in [3.05, 3.63) is 78.1 Å². The van der Waals surface area contributed by atoms with E-state index >= 15 is 0 Å². The van der Waals surface area contributed by atoms with Gasteiger partial charge in [-0.2, -0.15) is 0 Å². The van der Waals surface area contributed by atoms with Crippen LogP contribution in [-0.4, -0.2) is 46.4 Å². The van der Waals surface area contributed by atoms with Crippen LogP contribution in [0, 0.1) is 5.92 Å². The first-order valence-electron chi connectivity index (χ1n) is 10.2. The Kier molecular flexibility index (Phi) is 4.57. The average Bonchev–Trinajstić information content (AvgIpc) is 3.05. The van der Waals surface area contributed by atoms with E-state index in [1.54, 1.807) is 6.20 Å². The summed E-state index contributed by atoms with van der Waals surface area (Å²) < 4.78 is 0. The summed E-state index contributed by atoms with van der Waals surface area (Å²) in [5.74, 6) is 0.721. The molecule has 0 unspecified atom stereocenters. The second kappa shape index (κ2) is 7.36. The van der Waals surface area contributed by atoms with E-state index in [4.69, 9.17) is 0 Å². The lowest BCUT2D eigenvalue weighted by Gasteiger charge is -2.36. The number of carbonyl (C=O) groups is 1. The highest BCUT2D eigenvalue weighted by Gasteiger charge is 2.36. The van der Waals surface area contributed by atoms with Crippen LogP contribution in [0.15, 0.2) is 67.0 Å². The van der Waals surface area contributed by atoms with E-state index < -0.39 is 0 Å². The second-order valence-electron chi connectivity index (χ2n) is 8.12. The molecule has 2 aromatic carbocycles. The van der Waals surface area contributed by atoms with E-state index in [1.807, 2.05) is 30.5 Å². The number of aromatic nitrogens is 1. The highest BCUT2D eigenvalue weighted by molar-refractivity contribution is 6.06. The van der Waals surface area contributed by atoms with Gasteiger partial charge in [0.15, 0.2) is 0 Å². The normalized spacial score (nSPS) is 22.4. The number of amides is 1. The molecular formula is C24H25N3O. The largest absolute Gasteiger partial charge is 0.337 e. The number of nitrogens with zero attached hydrogens (tertiary/aromatic N) is 3. The van der Waals surface area contributed by atoms with Gasteiger partial charge in [0.25, 0.3) is 5.91 Å². The molecular weight excluding hydrogens is 346 g/mol. The molecule has 3 fully saturated rings. The maximum Gasteiger partial charge on any atom is 0.254 e. The lowest BCUT2D eigenvalue weighted by molar-refractivity contribution is 0.0738. The van der Waals surface area contributed by atoms with Crippen LogP contribution in [0.2, 0.25) is 0 Å². The number of hydrogen-bond donors (Lipinski definition) is 0. The molecule has 2 atom stereocenters. The van der Waals surface area contributed by atoms with Gasteiger partial charge in [-0.15, -0.1) is 0 Å². The highest BCUT2D eigenvalue weighted by Crippen LogP contribution is 2.30. The fraction of sp³-hybridized carbons (Fsp3) is 0.333. The first kappa shape index (κ1) is 17.4. The van der Waals surface area contributed by atoms with Gasteiger partial charge in [-0.25, -0.2) is 0 Å². The quantitative estimate of drug-likeness (QED) is 0.699. The van der Waals surface area contributed by atoms with Crippen molar-refractivity contribution in [2.75, 3.05) is 19.6 Å². The van der Waals surface area contributed by atoms with Crippen molar-refractivity contribution in [3.63, 3.8) is 0 Å². The Bertz CT molecular complexity index is 982. The summed E-state index contributed by atoms with van der Waals surface area (Å²) in [4.78, 5) is 22.3. The first-order chi connectivity index (χ1) is 13.8. The first-order valence-corrected chi connectivity index (χ1v) is 10.2. The zero-order valence-corrected chi connectivity index (χ0v) is 16.0. The fourth-order valence-corrected chi connectivity index (χ4v) is 4.84. The fourth-order valence-electron chi connectivity index (χ4n) is 4.84. The second-order valence-corrected chi connectivity index (χ2v) is 8.12. The predicted octanol–water partition coefficient (Wildman–Crippen LogP) is 3.97. The maximum absolute atomic E-state index is 13.4. The van der Waals surface area contributed by atoms with Gasteiger partial charge in [-0.05, 0) is 41.8 Å². The third-order valence-electron chi connectivity index (χ3n) is 6.25. The molecule has 28 heavy (non-hydrogen) atoms. The van der Waals surface area contributed by atoms with Gasteiger partial charge in [-0.3, -0.25) is 14.7 Å². The molecule has 4 heterocycles. The van der Waals surface area contributed by atoms with Crippen molar-refractivity contribution >= 4 is 16.7 Å². The van der Waals surface area contributed by atoms with Gasteiger partial charge in [0, 0.05) is 55.6 Å². The number of carbonyl (C=O) groups excluding carboxylic acids is 1. The lowest BCUT2D eigenvalue weighted by atomic mass is 9.94. The number of hydrogen-bond acceptors (Lipinski definition) is 3. The van der Waals surface area contributed by atoms with Crippen molar-refractivity contribution in [1.82, 2.24) is 14.8 Å². The maximum atomic E-state index is 13.4. The molecule has 3 aliphatic heterocycles. The van der Waals surface area contributed by atoms with Crippen LogP contribution in [0.25, 0.3) is 10.8 Å². The zero-order chi connectivity index (χ0) is 18.9. The number of fused-ring (bicyclic) bond motifs is 5. The Hall–Kier alpha value is -2.72. The molecule has 0 spiro atoms. The van der Waals surface area contributed by atoms with Crippen molar-refractivity contribution in [2.45, 2.75) is 25.4 Å². The molecule has 1 amide bonds. The topological polar surface area (TPSA) is 36.4 Å². The Labute approximate surface area is 165 Å². The van der Waals surface area contributed by atoms with Gasteiger partial charge in [0.1, 0.15) is 0 Å². The summed E-state index contributed by atoms with van der Waals surface area (Å²) >= 11 is 0. The van der Waals surface area contributed by atoms with Gasteiger partial charge >= 0.3 is 0 Å². The Morgan fingerprint density at radius 2 is 1.86 bits per heavy atom. The van der Waals surface area contributed by atoms with E-state index in [0.29, 0.717) is 12.0 Å². The van der Waals surface area contributed by atoms with E-state index in [0.717, 1.165) is 42.5 Å². The Morgan fingerprint density at radius 1 is 0.964 bits per heavy atom. The number of pyridine rings is 1. The molecule has 0 aliphatic carbocycles. The van der Waals surface area contributed by atoms with Crippen molar-refractivity contribution in [1.29, 1.82) is 0 Å². The minimum Gasteiger partial charge on any atom is -0.337 e. The molecule has 6 rings (SSSR count). The SMILES string of the molecule is O=C(c1cccc2cnccc12)N1C[C@@H]2CC[C@H](C1)N(Cc1ccccc1)C2. The average molecular weight is 371 g/mol. The van der Waals surface area contributed by atoms with Crippen molar-refractivity contribution in [2.24, 2.45) is 5.92 Å². The monoisotopic (exact) mass is 371 g/mol. The van der Waals surface area contributed by atoms with Crippen molar-refractivity contribution < 1.29 is 4.79 Å². The molecule has 4 nitrogen and oxygen atoms in total. The van der Waals surface area contributed by atoms with Crippen LogP contribution >= 0.6 is 0 Å². The molecule has 3 saturated heterocycles. The molecule has 2 bridgehead atoms. The predicted molar refractivity (Wildman–Crippen MR) is 111 cm³/mol. The zero-order valence-electron chi connectivity index (χ0n) is 16.0. The molecule has 0 radical (unpaired) electrons. The van der Waals surface area contributed by atoms with Gasteiger partial charge < -0.3 is 4.90 Å². The van der Waals surface area contributed by atoms with Crippen LogP contribution in [0.3, 0.4) is 0 Å². The Morgan fingerprint density at radius 3 is 2.75 bits per heavy atom. The van der Waals surface area contributed by atoms with E-state index in [2.05, 4.69) is 45.1 Å². The number of benzene rings is 2. The van der Waals surface area contributed by atoms with Crippen LogP contribution < -0.4 is 0 Å². The lowest BCUT2D eigenvalue weighted by Crippen LogP contribution is -2.43. The van der Waals surface area contributed by atoms with Crippen LogP contribution in [0.4, 0.5) is 0 Å². The summed E-state index contributed by atoms with van der Waals surface area (Å²) in [5.41, 5.74) is 2.16. The molecule has 0 saturated carbocycles. The molecule has 4 heteroatoms. The molecule has 3 aromatic rings. The molecule has 0 N–H and O–H groups in total. The summed E-state index contributed by atoms with van der Waals surface area (Å²) in [6.07, 6.45) is 6.01. The minimum absolute atomic E-state index is 0.162.